The van der Waals surface area contributed by atoms with Gasteiger partial charge >= 0.3 is 11.7 Å². The summed E-state index contributed by atoms with van der Waals surface area (Å²) in [4.78, 5) is 0.449. The van der Waals surface area contributed by atoms with Crippen LogP contribution in [0.3, 0.4) is 0 Å². The summed E-state index contributed by atoms with van der Waals surface area (Å²) >= 11 is 0.338. The number of halogens is 1. The second-order valence-corrected chi connectivity index (χ2v) is 6.29. The maximum atomic E-state index is 13.7. The Morgan fingerprint density at radius 1 is 1.50 bits per heavy atom. The van der Waals surface area contributed by atoms with Crippen LogP contribution in [-0.2, 0) is 22.3 Å². The van der Waals surface area contributed by atoms with Gasteiger partial charge in [0.05, 0.1) is 0 Å². The predicted molar refractivity (Wildman–Crippen MR) is 71.2 cm³/mol. The summed E-state index contributed by atoms with van der Waals surface area (Å²) in [5.74, 6) is 0.335. The molecule has 0 aromatic heterocycles. The van der Waals surface area contributed by atoms with Crippen LogP contribution in [0.4, 0.5) is 4.39 Å². The summed E-state index contributed by atoms with van der Waals surface area (Å²) in [5, 5.41) is 3.21. The van der Waals surface area contributed by atoms with Gasteiger partial charge in [-0.05, 0) is 43.2 Å². The van der Waals surface area contributed by atoms with E-state index in [4.69, 9.17) is 0 Å². The molecular weight excluding hydrogens is 249 g/mol. The van der Waals surface area contributed by atoms with Gasteiger partial charge in [-0.2, -0.15) is 0 Å². The zero-order chi connectivity index (χ0) is 13.2. The van der Waals surface area contributed by atoms with Gasteiger partial charge in [-0.3, -0.25) is 0 Å². The average Bonchev–Trinajstić information content (AvgIpc) is 2.30. The van der Waals surface area contributed by atoms with E-state index >= 15 is 0 Å². The van der Waals surface area contributed by atoms with E-state index in [2.05, 4.69) is 12.2 Å². The summed E-state index contributed by atoms with van der Waals surface area (Å²) in [5.41, 5.74) is 1.12. The predicted octanol–water partition coefficient (Wildman–Crippen LogP) is 2.79. The lowest BCUT2D eigenvalue weighted by Gasteiger charge is -2.45. The van der Waals surface area contributed by atoms with Gasteiger partial charge in [0, 0.05) is 22.9 Å². The highest BCUT2D eigenvalue weighted by Crippen LogP contribution is 2.46. The molecule has 0 bridgehead atoms. The van der Waals surface area contributed by atoms with Crippen molar-refractivity contribution in [3.63, 3.8) is 0 Å². The van der Waals surface area contributed by atoms with E-state index in [0.29, 0.717) is 27.9 Å². The average molecular weight is 268 g/mol. The first-order chi connectivity index (χ1) is 8.56. The molecule has 1 aliphatic carbocycles. The van der Waals surface area contributed by atoms with Crippen molar-refractivity contribution in [3.8, 4) is 0 Å². The van der Waals surface area contributed by atoms with Gasteiger partial charge < -0.3 is 5.32 Å². The summed E-state index contributed by atoms with van der Waals surface area (Å²) in [6.07, 6.45) is 3.08. The first-order valence-corrected chi connectivity index (χ1v) is 7.03. The molecule has 0 amide bonds. The van der Waals surface area contributed by atoms with E-state index in [-0.39, 0.29) is 5.82 Å². The van der Waals surface area contributed by atoms with Crippen molar-refractivity contribution in [2.45, 2.75) is 31.1 Å². The third kappa shape index (κ3) is 2.93. The molecule has 98 valence electrons. The Morgan fingerprint density at radius 3 is 2.78 bits per heavy atom. The quantitative estimate of drug-likeness (QED) is 0.832. The van der Waals surface area contributed by atoms with E-state index in [1.54, 1.807) is 12.1 Å². The minimum absolute atomic E-state index is 0.238. The highest BCUT2D eigenvalue weighted by Gasteiger charge is 2.39. The molecule has 2 nitrogen and oxygen atoms in total. The van der Waals surface area contributed by atoms with Gasteiger partial charge in [-0.15, -0.1) is 0 Å². The molecule has 4 heteroatoms. The summed E-state index contributed by atoms with van der Waals surface area (Å²) in [7, 11) is 1.97. The van der Waals surface area contributed by atoms with Crippen molar-refractivity contribution in [2.24, 2.45) is 11.3 Å². The summed E-state index contributed by atoms with van der Waals surface area (Å²) < 4.78 is 24.3. The van der Waals surface area contributed by atoms with Gasteiger partial charge in [0.25, 0.3) is 4.90 Å². The van der Waals surface area contributed by atoms with Crippen molar-refractivity contribution >= 4 is 11.7 Å². The standard InChI is InChI=1S/C14H19FNOS/c1-14(9-16-2)7-10(8-14)5-11-3-4-12(18-17)6-13(11)15/h3-4,6,10,16H,5,7-9H2,1-2H3/q+1. The highest BCUT2D eigenvalue weighted by atomic mass is 32.1. The molecule has 1 saturated carbocycles. The molecule has 1 aliphatic rings. The molecule has 0 spiro atoms. The van der Waals surface area contributed by atoms with Crippen molar-refractivity contribution in [3.05, 3.63) is 29.6 Å². The molecular formula is C14H19FNOS+. The molecule has 18 heavy (non-hydrogen) atoms. The Bertz CT molecular complexity index is 443. The van der Waals surface area contributed by atoms with Crippen LogP contribution in [0.5, 0.6) is 0 Å². The number of hydrogen-bond donors (Lipinski definition) is 1. The lowest BCUT2D eigenvalue weighted by molar-refractivity contribution is 0.0764. The minimum atomic E-state index is -0.238. The maximum absolute atomic E-state index is 13.7. The molecule has 0 radical (unpaired) electrons. The van der Waals surface area contributed by atoms with Gasteiger partial charge in [0.15, 0.2) is 0 Å². The van der Waals surface area contributed by atoms with Crippen LogP contribution in [0.1, 0.15) is 25.3 Å². The number of hydrogen-bond acceptors (Lipinski definition) is 2. The topological polar surface area (TPSA) is 29.1 Å². The monoisotopic (exact) mass is 268 g/mol. The van der Waals surface area contributed by atoms with Crippen LogP contribution < -0.4 is 5.32 Å². The van der Waals surface area contributed by atoms with Crippen LogP contribution in [0.25, 0.3) is 0 Å². The third-order valence-electron chi connectivity index (χ3n) is 3.80. The fourth-order valence-corrected chi connectivity index (χ4v) is 3.38. The molecule has 2 rings (SSSR count). The SMILES string of the molecule is CNCC1(C)CC(Cc2ccc([S+]=O)cc2F)C1. The Kier molecular flexibility index (Phi) is 4.07. The van der Waals surface area contributed by atoms with Crippen molar-refractivity contribution in [1.82, 2.24) is 5.32 Å². The molecule has 0 aliphatic heterocycles. The lowest BCUT2D eigenvalue weighted by atomic mass is 9.61. The van der Waals surface area contributed by atoms with E-state index in [0.717, 1.165) is 31.4 Å². The van der Waals surface area contributed by atoms with Crippen LogP contribution in [0.2, 0.25) is 0 Å². The fourth-order valence-electron chi connectivity index (χ4n) is 3.11. The summed E-state index contributed by atoms with van der Waals surface area (Å²) in [6.45, 7) is 3.30. The highest BCUT2D eigenvalue weighted by molar-refractivity contribution is 7.65. The van der Waals surface area contributed by atoms with Crippen LogP contribution in [-0.4, -0.2) is 13.6 Å². The largest absolute Gasteiger partial charge is 0.505 e. The third-order valence-corrected chi connectivity index (χ3v) is 4.24. The smallest absolute Gasteiger partial charge is 0.319 e. The molecule has 1 aromatic rings. The number of rotatable bonds is 5. The number of nitrogens with one attached hydrogen (secondary N) is 1. The fraction of sp³-hybridized carbons (Fsp3) is 0.571. The maximum Gasteiger partial charge on any atom is 0.505 e. The first-order valence-electron chi connectivity index (χ1n) is 6.29. The second-order valence-electron chi connectivity index (χ2n) is 5.66. The molecule has 1 aromatic carbocycles. The minimum Gasteiger partial charge on any atom is -0.319 e. The normalized spacial score (nSPS) is 26.7. The zero-order valence-corrected chi connectivity index (χ0v) is 11.6. The number of benzene rings is 1. The van der Waals surface area contributed by atoms with Crippen LogP contribution in [0.15, 0.2) is 23.1 Å². The van der Waals surface area contributed by atoms with Gasteiger partial charge in [-0.25, -0.2) is 4.39 Å². The van der Waals surface area contributed by atoms with Gasteiger partial charge in [0.1, 0.15) is 5.82 Å². The Labute approximate surface area is 111 Å². The molecule has 1 N–H and O–H groups in total. The lowest BCUT2D eigenvalue weighted by Crippen LogP contribution is -2.42. The van der Waals surface area contributed by atoms with Crippen LogP contribution in [0, 0.1) is 17.2 Å². The van der Waals surface area contributed by atoms with Gasteiger partial charge in [-0.1, -0.05) is 13.0 Å². The van der Waals surface area contributed by atoms with E-state index in [1.807, 2.05) is 7.05 Å². The van der Waals surface area contributed by atoms with Crippen LogP contribution >= 0.6 is 0 Å². The first kappa shape index (κ1) is 13.6. The van der Waals surface area contributed by atoms with Gasteiger partial charge in [0.2, 0.25) is 0 Å². The second kappa shape index (κ2) is 5.41. The van der Waals surface area contributed by atoms with Crippen molar-refractivity contribution in [1.29, 1.82) is 0 Å². The van der Waals surface area contributed by atoms with E-state index in [9.17, 15) is 8.60 Å². The Hall–Kier alpha value is -0.870. The molecule has 1 fully saturated rings. The van der Waals surface area contributed by atoms with Crippen molar-refractivity contribution in [2.75, 3.05) is 13.6 Å². The van der Waals surface area contributed by atoms with Crippen molar-refractivity contribution < 1.29 is 8.60 Å². The van der Waals surface area contributed by atoms with E-state index < -0.39 is 0 Å². The molecule has 0 atom stereocenters. The zero-order valence-electron chi connectivity index (χ0n) is 10.8. The Morgan fingerprint density at radius 2 is 2.22 bits per heavy atom. The Balaban J connectivity index is 1.94. The molecule has 0 unspecified atom stereocenters. The summed E-state index contributed by atoms with van der Waals surface area (Å²) in [6, 6.07) is 4.81. The molecule has 0 saturated heterocycles. The van der Waals surface area contributed by atoms with E-state index in [1.165, 1.54) is 6.07 Å². The molecule has 0 heterocycles.